The third-order valence-electron chi connectivity index (χ3n) is 10.3. The minimum absolute atomic E-state index is 0.0290. The number of benzene rings is 1. The Bertz CT molecular complexity index is 929. The van der Waals surface area contributed by atoms with Gasteiger partial charge in [-0.1, -0.05) is 32.0 Å². The Kier molecular flexibility index (Phi) is 5.16. The van der Waals surface area contributed by atoms with Crippen LogP contribution in [0, 0.1) is 34.5 Å². The molecule has 8 atom stereocenters. The van der Waals surface area contributed by atoms with Gasteiger partial charge in [0.1, 0.15) is 0 Å². The molecule has 5 rings (SSSR count). The Morgan fingerprint density at radius 2 is 1.58 bits per heavy atom. The number of aliphatic hydroxyl groups is 1. The largest absolute Gasteiger partial charge is 0.390 e. The van der Waals surface area contributed by atoms with Crippen molar-refractivity contribution in [2.45, 2.75) is 95.1 Å². The molecule has 172 valence electrons. The molecule has 4 nitrogen and oxygen atoms in total. The lowest BCUT2D eigenvalue weighted by Gasteiger charge is -2.61. The second-order valence-electron chi connectivity index (χ2n) is 12.0. The van der Waals surface area contributed by atoms with E-state index in [1.807, 2.05) is 13.0 Å². The summed E-state index contributed by atoms with van der Waals surface area (Å²) in [4.78, 5) is 0.373. The molecule has 0 aromatic heterocycles. The van der Waals surface area contributed by atoms with Gasteiger partial charge < -0.3 is 5.11 Å². The normalized spacial score (nSPS) is 47.3. The van der Waals surface area contributed by atoms with Gasteiger partial charge in [-0.05, 0) is 111 Å². The number of sulfonamides is 1. The number of hydrogen-bond donors (Lipinski definition) is 2. The Balaban J connectivity index is 1.36. The topological polar surface area (TPSA) is 66.4 Å². The van der Waals surface area contributed by atoms with Crippen molar-refractivity contribution < 1.29 is 13.5 Å². The molecule has 31 heavy (non-hydrogen) atoms. The van der Waals surface area contributed by atoms with Gasteiger partial charge in [0, 0.05) is 6.04 Å². The summed E-state index contributed by atoms with van der Waals surface area (Å²) in [5.74, 6) is 2.67. The molecule has 0 heterocycles. The standard InChI is InChI=1S/C26H39NO3S/c1-24(28)15-16-25(2)18(17-24)9-10-20-21-11-12-23(26(21,3)14-13-22(20)25)27-31(29,30)19-7-5-4-6-8-19/h4-8,18,20-23,27-28H,9-17H2,1-3H3/t18-,20-,21-,22-,23-,24+,25-,26-/m0/s1. The van der Waals surface area contributed by atoms with Crippen LogP contribution in [0.25, 0.3) is 0 Å². The zero-order chi connectivity index (χ0) is 22.1. The van der Waals surface area contributed by atoms with Crippen LogP contribution in [0.4, 0.5) is 0 Å². The van der Waals surface area contributed by atoms with Crippen LogP contribution in [0.1, 0.15) is 78.6 Å². The number of fused-ring (bicyclic) bond motifs is 5. The molecule has 1 aromatic carbocycles. The van der Waals surface area contributed by atoms with Gasteiger partial charge in [0.05, 0.1) is 10.5 Å². The Hall–Kier alpha value is -0.910. The van der Waals surface area contributed by atoms with E-state index in [1.54, 1.807) is 24.3 Å². The lowest BCUT2D eigenvalue weighted by atomic mass is 9.44. The minimum Gasteiger partial charge on any atom is -0.390 e. The molecule has 4 fully saturated rings. The monoisotopic (exact) mass is 445 g/mol. The van der Waals surface area contributed by atoms with E-state index in [0.717, 1.165) is 44.4 Å². The van der Waals surface area contributed by atoms with Crippen LogP contribution < -0.4 is 4.72 Å². The Morgan fingerprint density at radius 1 is 0.871 bits per heavy atom. The Labute approximate surface area is 188 Å². The maximum atomic E-state index is 13.1. The molecule has 0 unspecified atom stereocenters. The second kappa shape index (κ2) is 7.30. The first-order valence-corrected chi connectivity index (χ1v) is 13.8. The van der Waals surface area contributed by atoms with Crippen molar-refractivity contribution in [3.05, 3.63) is 30.3 Å². The highest BCUT2D eigenvalue weighted by Gasteiger charge is 2.61. The minimum atomic E-state index is -3.48. The third kappa shape index (κ3) is 3.50. The van der Waals surface area contributed by atoms with Crippen LogP contribution in [0.3, 0.4) is 0 Å². The third-order valence-corrected chi connectivity index (χ3v) is 11.8. The molecular formula is C26H39NO3S. The van der Waals surface area contributed by atoms with Crippen LogP contribution in [0.2, 0.25) is 0 Å². The summed E-state index contributed by atoms with van der Waals surface area (Å²) in [6, 6.07) is 8.84. The van der Waals surface area contributed by atoms with Gasteiger partial charge in [0.25, 0.3) is 0 Å². The fraction of sp³-hybridized carbons (Fsp3) is 0.769. The summed E-state index contributed by atoms with van der Waals surface area (Å²) < 4.78 is 29.2. The fourth-order valence-electron chi connectivity index (χ4n) is 8.48. The van der Waals surface area contributed by atoms with Crippen LogP contribution in [-0.2, 0) is 10.0 Å². The highest BCUT2D eigenvalue weighted by molar-refractivity contribution is 7.89. The van der Waals surface area contributed by atoms with Crippen LogP contribution in [0.15, 0.2) is 35.2 Å². The molecule has 0 saturated heterocycles. The van der Waals surface area contributed by atoms with E-state index < -0.39 is 15.6 Å². The van der Waals surface area contributed by atoms with E-state index in [1.165, 1.54) is 19.3 Å². The highest BCUT2D eigenvalue weighted by Crippen LogP contribution is 2.66. The smallest absolute Gasteiger partial charge is 0.240 e. The van der Waals surface area contributed by atoms with E-state index >= 15 is 0 Å². The van der Waals surface area contributed by atoms with Crippen molar-refractivity contribution >= 4 is 10.0 Å². The summed E-state index contributed by atoms with van der Waals surface area (Å²) in [7, 11) is -3.48. The van der Waals surface area contributed by atoms with Crippen LogP contribution >= 0.6 is 0 Å². The van der Waals surface area contributed by atoms with Gasteiger partial charge in [-0.3, -0.25) is 0 Å². The van der Waals surface area contributed by atoms with E-state index in [9.17, 15) is 13.5 Å². The summed E-state index contributed by atoms with van der Waals surface area (Å²) in [5.41, 5.74) is -0.102. The van der Waals surface area contributed by atoms with Crippen molar-refractivity contribution in [2.75, 3.05) is 0 Å². The number of hydrogen-bond acceptors (Lipinski definition) is 3. The first-order chi connectivity index (χ1) is 14.6. The van der Waals surface area contributed by atoms with E-state index in [4.69, 9.17) is 0 Å². The molecule has 4 saturated carbocycles. The fourth-order valence-corrected chi connectivity index (χ4v) is 9.89. The lowest BCUT2D eigenvalue weighted by Crippen LogP contribution is -2.57. The van der Waals surface area contributed by atoms with E-state index in [2.05, 4.69) is 18.6 Å². The Morgan fingerprint density at radius 3 is 2.32 bits per heavy atom. The van der Waals surface area contributed by atoms with Gasteiger partial charge in [0.15, 0.2) is 0 Å². The zero-order valence-electron chi connectivity index (χ0n) is 19.3. The molecule has 4 aliphatic rings. The highest BCUT2D eigenvalue weighted by atomic mass is 32.2. The summed E-state index contributed by atoms with van der Waals surface area (Å²) in [6.45, 7) is 6.90. The molecule has 0 radical (unpaired) electrons. The molecule has 0 bridgehead atoms. The van der Waals surface area contributed by atoms with Crippen LogP contribution in [0.5, 0.6) is 0 Å². The van der Waals surface area contributed by atoms with E-state index in [0.29, 0.717) is 28.1 Å². The molecule has 0 amide bonds. The molecule has 5 heteroatoms. The molecular weight excluding hydrogens is 406 g/mol. The van der Waals surface area contributed by atoms with Gasteiger partial charge in [-0.25, -0.2) is 13.1 Å². The van der Waals surface area contributed by atoms with Crippen molar-refractivity contribution in [2.24, 2.45) is 34.5 Å². The average Bonchev–Trinajstić information content (AvgIpc) is 3.05. The lowest BCUT2D eigenvalue weighted by molar-refractivity contribution is -0.143. The maximum Gasteiger partial charge on any atom is 0.240 e. The summed E-state index contributed by atoms with van der Waals surface area (Å²) >= 11 is 0. The average molecular weight is 446 g/mol. The van der Waals surface area contributed by atoms with Gasteiger partial charge in [-0.2, -0.15) is 0 Å². The molecule has 2 N–H and O–H groups in total. The SMILES string of the molecule is C[C@@]1(O)CC[C@@]2(C)[C@@H](CC[C@@H]3[C@@H]2CC[C@]2(C)[C@@H](NS(=O)(=O)c4ccccc4)CC[C@@H]32)C1. The molecule has 1 aromatic rings. The summed E-state index contributed by atoms with van der Waals surface area (Å²) in [6.07, 6.45) is 9.89. The molecule has 4 aliphatic carbocycles. The predicted octanol–water partition coefficient (Wildman–Crippen LogP) is 5.13. The first-order valence-electron chi connectivity index (χ1n) is 12.3. The second-order valence-corrected chi connectivity index (χ2v) is 13.7. The summed E-state index contributed by atoms with van der Waals surface area (Å²) in [5, 5.41) is 10.7. The van der Waals surface area contributed by atoms with Gasteiger partial charge in [0.2, 0.25) is 10.0 Å². The van der Waals surface area contributed by atoms with E-state index in [-0.39, 0.29) is 11.5 Å². The van der Waals surface area contributed by atoms with Crippen LogP contribution in [-0.4, -0.2) is 25.2 Å². The predicted molar refractivity (Wildman–Crippen MR) is 123 cm³/mol. The van der Waals surface area contributed by atoms with Crippen molar-refractivity contribution in [1.29, 1.82) is 0 Å². The van der Waals surface area contributed by atoms with Crippen molar-refractivity contribution in [3.8, 4) is 0 Å². The van der Waals surface area contributed by atoms with Crippen molar-refractivity contribution in [1.82, 2.24) is 4.72 Å². The maximum absolute atomic E-state index is 13.1. The number of nitrogens with one attached hydrogen (secondary N) is 1. The number of rotatable bonds is 3. The van der Waals surface area contributed by atoms with Gasteiger partial charge >= 0.3 is 0 Å². The molecule has 0 aliphatic heterocycles. The zero-order valence-corrected chi connectivity index (χ0v) is 20.1. The van der Waals surface area contributed by atoms with Crippen molar-refractivity contribution in [3.63, 3.8) is 0 Å². The first kappa shape index (κ1) is 21.9. The van der Waals surface area contributed by atoms with Gasteiger partial charge in [-0.15, -0.1) is 0 Å². The molecule has 0 spiro atoms. The quantitative estimate of drug-likeness (QED) is 0.678.